The van der Waals surface area contributed by atoms with Crippen molar-refractivity contribution in [2.75, 3.05) is 0 Å². The van der Waals surface area contributed by atoms with Crippen molar-refractivity contribution in [3.63, 3.8) is 0 Å². The van der Waals surface area contributed by atoms with Crippen molar-refractivity contribution in [1.29, 1.82) is 0 Å². The zero-order valence-corrected chi connectivity index (χ0v) is 14.3. The van der Waals surface area contributed by atoms with Crippen LogP contribution in [0.1, 0.15) is 30.7 Å². The highest BCUT2D eigenvalue weighted by molar-refractivity contribution is 9.10. The van der Waals surface area contributed by atoms with Crippen LogP contribution in [-0.2, 0) is 13.1 Å². The molecule has 1 N–H and O–H groups in total. The first-order valence-corrected chi connectivity index (χ1v) is 7.83. The van der Waals surface area contributed by atoms with Crippen LogP contribution in [-0.4, -0.2) is 15.8 Å². The van der Waals surface area contributed by atoms with E-state index in [-0.39, 0.29) is 0 Å². The summed E-state index contributed by atoms with van der Waals surface area (Å²) in [6.45, 7) is 7.91. The summed E-state index contributed by atoms with van der Waals surface area (Å²) in [6, 6.07) is 6.41. The fraction of sp³-hybridized carbons (Fsp3) is 0.400. The van der Waals surface area contributed by atoms with Gasteiger partial charge in [-0.2, -0.15) is 5.10 Å². The third-order valence-electron chi connectivity index (χ3n) is 3.24. The molecule has 0 spiro atoms. The van der Waals surface area contributed by atoms with Crippen LogP contribution in [0.2, 0.25) is 5.02 Å². The van der Waals surface area contributed by atoms with Crippen molar-refractivity contribution in [2.24, 2.45) is 0 Å². The maximum atomic E-state index is 6.26. The SMILES string of the molecule is Cc1c(CNC(C)C)cnn1Cc1ccc(Br)cc1Cl. The van der Waals surface area contributed by atoms with E-state index in [9.17, 15) is 0 Å². The number of aromatic nitrogens is 2. The smallest absolute Gasteiger partial charge is 0.0677 e. The van der Waals surface area contributed by atoms with Gasteiger partial charge in [0.25, 0.3) is 0 Å². The van der Waals surface area contributed by atoms with Gasteiger partial charge in [-0.05, 0) is 24.6 Å². The highest BCUT2D eigenvalue weighted by atomic mass is 79.9. The first kappa shape index (κ1) is 15.5. The highest BCUT2D eigenvalue weighted by Gasteiger charge is 2.09. The molecule has 0 unspecified atom stereocenters. The Morgan fingerprint density at radius 2 is 2.10 bits per heavy atom. The molecule has 5 heteroatoms. The molecule has 0 atom stereocenters. The summed E-state index contributed by atoms with van der Waals surface area (Å²) in [6.07, 6.45) is 1.93. The first-order chi connectivity index (χ1) is 9.47. The lowest BCUT2D eigenvalue weighted by molar-refractivity contribution is 0.585. The van der Waals surface area contributed by atoms with E-state index < -0.39 is 0 Å². The summed E-state index contributed by atoms with van der Waals surface area (Å²) >= 11 is 9.68. The van der Waals surface area contributed by atoms with E-state index in [4.69, 9.17) is 11.6 Å². The Kier molecular flexibility index (Phi) is 5.24. The largest absolute Gasteiger partial charge is 0.310 e. The van der Waals surface area contributed by atoms with Crippen LogP contribution in [0, 0.1) is 6.92 Å². The fourth-order valence-corrected chi connectivity index (χ4v) is 2.68. The lowest BCUT2D eigenvalue weighted by Gasteiger charge is -2.09. The van der Waals surface area contributed by atoms with Crippen LogP contribution in [0.5, 0.6) is 0 Å². The number of halogens is 2. The molecule has 0 amide bonds. The first-order valence-electron chi connectivity index (χ1n) is 6.66. The summed E-state index contributed by atoms with van der Waals surface area (Å²) < 4.78 is 2.98. The average Bonchev–Trinajstić information content (AvgIpc) is 2.72. The van der Waals surface area contributed by atoms with Gasteiger partial charge >= 0.3 is 0 Å². The van der Waals surface area contributed by atoms with Crippen molar-refractivity contribution in [3.05, 3.63) is 50.7 Å². The van der Waals surface area contributed by atoms with Crippen molar-refractivity contribution in [3.8, 4) is 0 Å². The monoisotopic (exact) mass is 355 g/mol. The summed E-state index contributed by atoms with van der Waals surface area (Å²) in [5.74, 6) is 0. The zero-order valence-electron chi connectivity index (χ0n) is 12.0. The second-order valence-electron chi connectivity index (χ2n) is 5.18. The minimum absolute atomic E-state index is 0.471. The van der Waals surface area contributed by atoms with E-state index in [2.05, 4.69) is 47.1 Å². The standard InChI is InChI=1S/C15H19BrClN3/c1-10(2)18-7-13-8-19-20(11(13)3)9-12-4-5-14(16)6-15(12)17/h4-6,8,10,18H,7,9H2,1-3H3. The normalized spacial score (nSPS) is 11.3. The molecule has 0 aliphatic rings. The molecule has 2 aromatic rings. The van der Waals surface area contributed by atoms with E-state index in [0.29, 0.717) is 12.6 Å². The molecule has 0 aliphatic heterocycles. The van der Waals surface area contributed by atoms with E-state index >= 15 is 0 Å². The maximum Gasteiger partial charge on any atom is 0.0677 e. The Bertz CT molecular complexity index is 593. The van der Waals surface area contributed by atoms with E-state index in [1.807, 2.05) is 29.1 Å². The second-order valence-corrected chi connectivity index (χ2v) is 6.51. The summed E-state index contributed by atoms with van der Waals surface area (Å²) in [5, 5.41) is 8.63. The molecule has 3 nitrogen and oxygen atoms in total. The molecular weight excluding hydrogens is 338 g/mol. The number of rotatable bonds is 5. The molecule has 0 saturated heterocycles. The van der Waals surface area contributed by atoms with Gasteiger partial charge in [-0.15, -0.1) is 0 Å². The molecule has 1 heterocycles. The van der Waals surface area contributed by atoms with E-state index in [0.717, 1.165) is 21.6 Å². The third kappa shape index (κ3) is 3.84. The minimum atomic E-state index is 0.471. The quantitative estimate of drug-likeness (QED) is 0.872. The van der Waals surface area contributed by atoms with Crippen LogP contribution in [0.15, 0.2) is 28.9 Å². The number of hydrogen-bond donors (Lipinski definition) is 1. The molecule has 0 aliphatic carbocycles. The van der Waals surface area contributed by atoms with Gasteiger partial charge in [-0.3, -0.25) is 4.68 Å². The van der Waals surface area contributed by atoms with Crippen molar-refractivity contribution >= 4 is 27.5 Å². The highest BCUT2D eigenvalue weighted by Crippen LogP contribution is 2.22. The number of benzene rings is 1. The number of hydrogen-bond acceptors (Lipinski definition) is 2. The Morgan fingerprint density at radius 1 is 1.35 bits per heavy atom. The van der Waals surface area contributed by atoms with Gasteiger partial charge in [0.15, 0.2) is 0 Å². The number of nitrogens with one attached hydrogen (secondary N) is 1. The van der Waals surface area contributed by atoms with E-state index in [1.54, 1.807) is 0 Å². The van der Waals surface area contributed by atoms with Gasteiger partial charge in [0.1, 0.15) is 0 Å². The Morgan fingerprint density at radius 3 is 2.75 bits per heavy atom. The van der Waals surface area contributed by atoms with Crippen molar-refractivity contribution in [1.82, 2.24) is 15.1 Å². The molecule has 20 heavy (non-hydrogen) atoms. The molecule has 1 aromatic heterocycles. The van der Waals surface area contributed by atoms with Crippen molar-refractivity contribution in [2.45, 2.75) is 39.9 Å². The predicted molar refractivity (Wildman–Crippen MR) is 87.2 cm³/mol. The third-order valence-corrected chi connectivity index (χ3v) is 4.09. The van der Waals surface area contributed by atoms with Crippen LogP contribution in [0.3, 0.4) is 0 Å². The van der Waals surface area contributed by atoms with Crippen LogP contribution in [0.4, 0.5) is 0 Å². The Labute approximate surface area is 133 Å². The van der Waals surface area contributed by atoms with Crippen LogP contribution < -0.4 is 5.32 Å². The predicted octanol–water partition coefficient (Wildman–Crippen LogP) is 4.15. The second kappa shape index (κ2) is 6.74. The molecule has 108 valence electrons. The maximum absolute atomic E-state index is 6.26. The van der Waals surface area contributed by atoms with Gasteiger partial charge in [0, 0.05) is 33.3 Å². The summed E-state index contributed by atoms with van der Waals surface area (Å²) in [4.78, 5) is 0. The summed E-state index contributed by atoms with van der Waals surface area (Å²) in [7, 11) is 0. The molecular formula is C15H19BrClN3. The van der Waals surface area contributed by atoms with Gasteiger partial charge in [0.2, 0.25) is 0 Å². The number of nitrogens with zero attached hydrogens (tertiary/aromatic N) is 2. The molecule has 0 bridgehead atoms. The molecule has 0 radical (unpaired) electrons. The molecule has 1 aromatic carbocycles. The minimum Gasteiger partial charge on any atom is -0.310 e. The van der Waals surface area contributed by atoms with Crippen LogP contribution >= 0.6 is 27.5 Å². The molecule has 0 fully saturated rings. The Balaban J connectivity index is 2.14. The van der Waals surface area contributed by atoms with Gasteiger partial charge in [-0.25, -0.2) is 0 Å². The summed E-state index contributed by atoms with van der Waals surface area (Å²) in [5.41, 5.74) is 3.48. The van der Waals surface area contributed by atoms with Crippen LogP contribution in [0.25, 0.3) is 0 Å². The van der Waals surface area contributed by atoms with Crippen molar-refractivity contribution < 1.29 is 0 Å². The van der Waals surface area contributed by atoms with Gasteiger partial charge in [0.05, 0.1) is 12.7 Å². The topological polar surface area (TPSA) is 29.9 Å². The van der Waals surface area contributed by atoms with Gasteiger partial charge < -0.3 is 5.32 Å². The lowest BCUT2D eigenvalue weighted by Crippen LogP contribution is -2.22. The van der Waals surface area contributed by atoms with E-state index in [1.165, 1.54) is 11.3 Å². The molecule has 0 saturated carbocycles. The molecule has 2 rings (SSSR count). The fourth-order valence-electron chi connectivity index (χ4n) is 1.94. The average molecular weight is 357 g/mol. The lowest BCUT2D eigenvalue weighted by atomic mass is 10.2. The Hall–Kier alpha value is -0.840. The zero-order chi connectivity index (χ0) is 14.7. The van der Waals surface area contributed by atoms with Gasteiger partial charge in [-0.1, -0.05) is 47.4 Å².